The van der Waals surface area contributed by atoms with E-state index < -0.39 is 16.0 Å². The molecule has 0 spiro atoms. The third-order valence-electron chi connectivity index (χ3n) is 2.66. The van der Waals surface area contributed by atoms with Gasteiger partial charge in [0.1, 0.15) is 0 Å². The van der Waals surface area contributed by atoms with Crippen LogP contribution < -0.4 is 4.72 Å². The molecule has 20 heavy (non-hydrogen) atoms. The van der Waals surface area contributed by atoms with Gasteiger partial charge in [-0.15, -0.1) is 0 Å². The second kappa shape index (κ2) is 5.33. The number of anilines is 1. The molecule has 0 aliphatic carbocycles. The SMILES string of the molecule is COC(=O)c1ccc(NS(=O)(=O)c2ccn[nH]2)c(C)c1. The number of esters is 1. The van der Waals surface area contributed by atoms with Crippen molar-refractivity contribution in [1.29, 1.82) is 0 Å². The van der Waals surface area contributed by atoms with E-state index >= 15 is 0 Å². The second-order valence-corrected chi connectivity index (χ2v) is 5.70. The Kier molecular flexibility index (Phi) is 3.75. The van der Waals surface area contributed by atoms with Gasteiger partial charge >= 0.3 is 5.97 Å². The number of hydrogen-bond acceptors (Lipinski definition) is 5. The van der Waals surface area contributed by atoms with Crippen LogP contribution >= 0.6 is 0 Å². The number of hydrogen-bond donors (Lipinski definition) is 2. The summed E-state index contributed by atoms with van der Waals surface area (Å²) in [7, 11) is -2.43. The van der Waals surface area contributed by atoms with Crippen LogP contribution in [0.4, 0.5) is 5.69 Å². The number of methoxy groups -OCH3 is 1. The highest BCUT2D eigenvalue weighted by molar-refractivity contribution is 7.92. The molecule has 2 aromatic rings. The van der Waals surface area contributed by atoms with Crippen molar-refractivity contribution in [3.63, 3.8) is 0 Å². The van der Waals surface area contributed by atoms with Crippen molar-refractivity contribution >= 4 is 21.7 Å². The molecule has 8 heteroatoms. The number of benzene rings is 1. The summed E-state index contributed by atoms with van der Waals surface area (Å²) in [6.45, 7) is 1.69. The van der Waals surface area contributed by atoms with Crippen LogP contribution in [0.25, 0.3) is 0 Å². The van der Waals surface area contributed by atoms with Crippen LogP contribution in [0.1, 0.15) is 15.9 Å². The summed E-state index contributed by atoms with van der Waals surface area (Å²) in [6.07, 6.45) is 1.35. The van der Waals surface area contributed by atoms with Gasteiger partial charge in [-0.25, -0.2) is 4.79 Å². The van der Waals surface area contributed by atoms with Crippen molar-refractivity contribution in [1.82, 2.24) is 10.2 Å². The van der Waals surface area contributed by atoms with E-state index in [1.807, 2.05) is 0 Å². The van der Waals surface area contributed by atoms with Gasteiger partial charge in [0.15, 0.2) is 5.03 Å². The fourth-order valence-electron chi connectivity index (χ4n) is 1.62. The zero-order valence-electron chi connectivity index (χ0n) is 10.9. The number of carbonyl (C=O) groups is 1. The van der Waals surface area contributed by atoms with Crippen molar-refractivity contribution < 1.29 is 17.9 Å². The second-order valence-electron chi connectivity index (χ2n) is 4.05. The molecule has 7 nitrogen and oxygen atoms in total. The zero-order valence-corrected chi connectivity index (χ0v) is 11.7. The van der Waals surface area contributed by atoms with E-state index in [9.17, 15) is 13.2 Å². The topological polar surface area (TPSA) is 101 Å². The number of ether oxygens (including phenoxy) is 1. The van der Waals surface area contributed by atoms with Crippen LogP contribution in [0.2, 0.25) is 0 Å². The molecule has 1 aromatic carbocycles. The first kappa shape index (κ1) is 14.1. The number of nitrogens with zero attached hydrogens (tertiary/aromatic N) is 1. The molecule has 0 unspecified atom stereocenters. The predicted molar refractivity (Wildman–Crippen MR) is 71.9 cm³/mol. The van der Waals surface area contributed by atoms with Crippen molar-refractivity contribution in [3.05, 3.63) is 41.6 Å². The van der Waals surface area contributed by atoms with Crippen LogP contribution in [0.3, 0.4) is 0 Å². The third kappa shape index (κ3) is 2.80. The maximum absolute atomic E-state index is 12.0. The number of H-pyrrole nitrogens is 1. The lowest BCUT2D eigenvalue weighted by Crippen LogP contribution is -2.14. The molecule has 106 valence electrons. The van der Waals surface area contributed by atoms with Crippen molar-refractivity contribution in [2.24, 2.45) is 0 Å². The Bertz CT molecular complexity index is 723. The number of nitrogens with one attached hydrogen (secondary N) is 2. The predicted octanol–water partition coefficient (Wildman–Crippen LogP) is 1.31. The largest absolute Gasteiger partial charge is 0.465 e. The molecule has 0 saturated heterocycles. The van der Waals surface area contributed by atoms with Crippen LogP contribution in [0.15, 0.2) is 35.5 Å². The molecule has 0 atom stereocenters. The number of aromatic amines is 1. The Morgan fingerprint density at radius 3 is 2.65 bits per heavy atom. The smallest absolute Gasteiger partial charge is 0.337 e. The summed E-state index contributed by atoms with van der Waals surface area (Å²) in [5, 5.41) is 5.94. The minimum absolute atomic E-state index is 0.0334. The van der Waals surface area contributed by atoms with Gasteiger partial charge < -0.3 is 4.74 Å². The fraction of sp³-hybridized carbons (Fsp3) is 0.167. The van der Waals surface area contributed by atoms with Gasteiger partial charge in [0.25, 0.3) is 10.0 Å². The summed E-state index contributed by atoms with van der Waals surface area (Å²) >= 11 is 0. The van der Waals surface area contributed by atoms with Gasteiger partial charge in [-0.3, -0.25) is 9.82 Å². The quantitative estimate of drug-likeness (QED) is 0.828. The van der Waals surface area contributed by atoms with Gasteiger partial charge in [-0.05, 0) is 36.8 Å². The van der Waals surface area contributed by atoms with Crippen LogP contribution in [-0.4, -0.2) is 31.7 Å². The van der Waals surface area contributed by atoms with Gasteiger partial charge in [0.2, 0.25) is 0 Å². The Balaban J connectivity index is 2.29. The highest BCUT2D eigenvalue weighted by Gasteiger charge is 2.17. The molecule has 0 aliphatic rings. The molecule has 0 aliphatic heterocycles. The normalized spacial score (nSPS) is 11.1. The van der Waals surface area contributed by atoms with Crippen LogP contribution in [0.5, 0.6) is 0 Å². The van der Waals surface area contributed by atoms with Gasteiger partial charge in [-0.1, -0.05) is 0 Å². The number of aryl methyl sites for hydroxylation is 1. The van der Waals surface area contributed by atoms with E-state index in [2.05, 4.69) is 19.7 Å². The maximum atomic E-state index is 12.0. The Morgan fingerprint density at radius 2 is 2.10 bits per heavy atom. The molecular weight excluding hydrogens is 282 g/mol. The standard InChI is InChI=1S/C12H13N3O4S/c1-8-7-9(12(16)19-2)3-4-10(8)15-20(17,18)11-5-6-13-14-11/h3-7,15H,1-2H3,(H,13,14). The average Bonchev–Trinajstić information content (AvgIpc) is 2.95. The first-order valence-electron chi connectivity index (χ1n) is 5.65. The van der Waals surface area contributed by atoms with Gasteiger partial charge in [0, 0.05) is 0 Å². The summed E-state index contributed by atoms with van der Waals surface area (Å²) in [6, 6.07) is 5.90. The van der Waals surface area contributed by atoms with Crippen molar-refractivity contribution in [2.75, 3.05) is 11.8 Å². The fourth-order valence-corrected chi connectivity index (χ4v) is 2.66. The van der Waals surface area contributed by atoms with E-state index in [4.69, 9.17) is 0 Å². The molecule has 2 N–H and O–H groups in total. The van der Waals surface area contributed by atoms with E-state index in [0.29, 0.717) is 16.8 Å². The lowest BCUT2D eigenvalue weighted by molar-refractivity contribution is 0.0600. The Morgan fingerprint density at radius 1 is 1.35 bits per heavy atom. The third-order valence-corrected chi connectivity index (χ3v) is 3.95. The van der Waals surface area contributed by atoms with E-state index in [1.54, 1.807) is 13.0 Å². The number of sulfonamides is 1. The molecule has 0 amide bonds. The molecular formula is C12H13N3O4S. The van der Waals surface area contributed by atoms with Gasteiger partial charge in [0.05, 0.1) is 24.6 Å². The number of rotatable bonds is 4. The van der Waals surface area contributed by atoms with E-state index in [0.717, 1.165) is 0 Å². The van der Waals surface area contributed by atoms with Crippen molar-refractivity contribution in [2.45, 2.75) is 11.9 Å². The first-order chi connectivity index (χ1) is 9.44. The van der Waals surface area contributed by atoms with Crippen LogP contribution in [0, 0.1) is 6.92 Å². The summed E-state index contributed by atoms with van der Waals surface area (Å²) in [5.41, 5.74) is 1.35. The number of aromatic nitrogens is 2. The van der Waals surface area contributed by atoms with Crippen LogP contribution in [-0.2, 0) is 14.8 Å². The highest BCUT2D eigenvalue weighted by Crippen LogP contribution is 2.20. The molecule has 0 fully saturated rings. The molecule has 0 saturated carbocycles. The molecule has 0 bridgehead atoms. The summed E-state index contributed by atoms with van der Waals surface area (Å²) in [5.74, 6) is -0.476. The Labute approximate surface area is 116 Å². The van der Waals surface area contributed by atoms with Crippen molar-refractivity contribution in [3.8, 4) is 0 Å². The Hall–Kier alpha value is -2.35. The number of carbonyl (C=O) groups excluding carboxylic acids is 1. The van der Waals surface area contributed by atoms with Gasteiger partial charge in [-0.2, -0.15) is 13.5 Å². The molecule has 0 radical (unpaired) electrons. The van der Waals surface area contributed by atoms with E-state index in [1.165, 1.54) is 31.5 Å². The lowest BCUT2D eigenvalue weighted by Gasteiger charge is -2.10. The first-order valence-corrected chi connectivity index (χ1v) is 7.13. The molecule has 2 rings (SSSR count). The average molecular weight is 295 g/mol. The lowest BCUT2D eigenvalue weighted by atomic mass is 10.1. The zero-order chi connectivity index (χ0) is 14.8. The highest BCUT2D eigenvalue weighted by atomic mass is 32.2. The molecule has 1 heterocycles. The summed E-state index contributed by atoms with van der Waals surface area (Å²) < 4.78 is 31.1. The van der Waals surface area contributed by atoms with E-state index in [-0.39, 0.29) is 5.03 Å². The summed E-state index contributed by atoms with van der Waals surface area (Å²) in [4.78, 5) is 11.4. The maximum Gasteiger partial charge on any atom is 0.337 e. The molecule has 1 aromatic heterocycles. The minimum Gasteiger partial charge on any atom is -0.465 e. The monoisotopic (exact) mass is 295 g/mol. The minimum atomic E-state index is -3.72.